The van der Waals surface area contributed by atoms with E-state index >= 15 is 0 Å². The van der Waals surface area contributed by atoms with Crippen LogP contribution < -0.4 is 10.2 Å². The lowest BCUT2D eigenvalue weighted by Crippen LogP contribution is -2.39. The minimum absolute atomic E-state index is 0.243. The van der Waals surface area contributed by atoms with Crippen molar-refractivity contribution in [2.45, 2.75) is 99.8 Å². The Morgan fingerprint density at radius 1 is 1.18 bits per heavy atom. The smallest absolute Gasteiger partial charge is 0.339 e. The number of nitrogens with one attached hydrogen (secondary N) is 1. The molecule has 3 rings (SSSR count). The minimum atomic E-state index is -0.912. The van der Waals surface area contributed by atoms with Gasteiger partial charge in [0.25, 0.3) is 0 Å². The summed E-state index contributed by atoms with van der Waals surface area (Å²) >= 11 is 6.29. The standard InChI is InChI=1S/C29H41ClFN3O3.C2H6/c1-17-14-22(33-19(3)21-15-20(31)16-32-26(21)30)18(2)23(25(27(35)36-9)37-28(4,5)6)24(17)34-12-10-29(7,8)11-13-34;1-2/h14-16,19,25,33H,10-13H2,1-9H3;1-2H3/t19-,25?;/m0./s1. The fraction of sp³-hybridized carbons (Fsp3) is 0.613. The number of esters is 1. The van der Waals surface area contributed by atoms with Crippen LogP contribution >= 0.6 is 11.6 Å². The number of methoxy groups -OCH3 is 1. The lowest BCUT2D eigenvalue weighted by Gasteiger charge is -2.41. The molecule has 1 unspecified atom stereocenters. The zero-order valence-corrected chi connectivity index (χ0v) is 26.3. The molecule has 8 heteroatoms. The number of anilines is 2. The summed E-state index contributed by atoms with van der Waals surface area (Å²) in [5.41, 5.74) is 4.75. The maximum atomic E-state index is 13.9. The summed E-state index contributed by atoms with van der Waals surface area (Å²) in [5.74, 6) is -0.895. The van der Waals surface area contributed by atoms with E-state index in [0.29, 0.717) is 5.56 Å². The Morgan fingerprint density at radius 3 is 2.31 bits per heavy atom. The first kappa shape index (κ1) is 32.8. The molecule has 1 aliphatic heterocycles. The highest BCUT2D eigenvalue weighted by Crippen LogP contribution is 2.43. The van der Waals surface area contributed by atoms with Crippen LogP contribution in [0.3, 0.4) is 0 Å². The third-order valence-corrected chi connectivity index (χ3v) is 7.37. The van der Waals surface area contributed by atoms with Gasteiger partial charge < -0.3 is 19.7 Å². The topological polar surface area (TPSA) is 63.7 Å². The van der Waals surface area contributed by atoms with Crippen molar-refractivity contribution in [1.29, 1.82) is 0 Å². The molecule has 0 amide bonds. The molecular formula is C31H47ClFN3O3. The fourth-order valence-corrected chi connectivity index (χ4v) is 5.16. The number of nitrogens with zero attached hydrogens (tertiary/aromatic N) is 2. The van der Waals surface area contributed by atoms with Crippen LogP contribution in [-0.2, 0) is 14.3 Å². The molecule has 39 heavy (non-hydrogen) atoms. The van der Waals surface area contributed by atoms with Crippen LogP contribution in [-0.4, -0.2) is 36.8 Å². The number of pyridine rings is 1. The van der Waals surface area contributed by atoms with Crippen molar-refractivity contribution in [3.63, 3.8) is 0 Å². The van der Waals surface area contributed by atoms with Crippen molar-refractivity contribution in [2.24, 2.45) is 5.41 Å². The number of aryl methyl sites for hydroxylation is 1. The van der Waals surface area contributed by atoms with Crippen molar-refractivity contribution in [3.05, 3.63) is 51.6 Å². The number of aromatic nitrogens is 1. The SMILES string of the molecule is CC.COC(=O)C(OC(C)(C)C)c1c(C)c(N[C@@H](C)c2cc(F)cnc2Cl)cc(C)c1N1CCC(C)(C)CC1. The third-order valence-electron chi connectivity index (χ3n) is 7.05. The van der Waals surface area contributed by atoms with Gasteiger partial charge in [-0.05, 0) is 83.1 Å². The maximum absolute atomic E-state index is 13.9. The molecule has 1 aliphatic rings. The molecule has 2 heterocycles. The summed E-state index contributed by atoms with van der Waals surface area (Å²) in [6.45, 7) is 22.1. The molecule has 1 N–H and O–H groups in total. The number of carbonyl (C=O) groups is 1. The normalized spacial score (nSPS) is 16.6. The van der Waals surface area contributed by atoms with Crippen LogP contribution in [0.2, 0.25) is 5.15 Å². The summed E-state index contributed by atoms with van der Waals surface area (Å²) in [4.78, 5) is 19.5. The summed E-state index contributed by atoms with van der Waals surface area (Å²) in [6, 6.07) is 3.14. The molecule has 1 aromatic carbocycles. The first-order valence-corrected chi connectivity index (χ1v) is 14.2. The Hall–Kier alpha value is -2.38. The Kier molecular flexibility index (Phi) is 11.2. The first-order valence-electron chi connectivity index (χ1n) is 13.9. The summed E-state index contributed by atoms with van der Waals surface area (Å²) in [7, 11) is 1.38. The van der Waals surface area contributed by atoms with Gasteiger partial charge in [-0.25, -0.2) is 14.2 Å². The average Bonchev–Trinajstić information content (AvgIpc) is 2.86. The predicted octanol–water partition coefficient (Wildman–Crippen LogP) is 8.35. The fourth-order valence-electron chi connectivity index (χ4n) is 4.89. The van der Waals surface area contributed by atoms with Gasteiger partial charge in [-0.1, -0.05) is 39.3 Å². The Balaban J connectivity index is 0.00000260. The van der Waals surface area contributed by atoms with Gasteiger partial charge in [0, 0.05) is 35.6 Å². The van der Waals surface area contributed by atoms with E-state index in [0.717, 1.165) is 60.2 Å². The molecule has 2 atom stereocenters. The molecule has 0 aliphatic carbocycles. The molecule has 0 radical (unpaired) electrons. The highest BCUT2D eigenvalue weighted by molar-refractivity contribution is 6.30. The second kappa shape index (κ2) is 13.3. The van der Waals surface area contributed by atoms with Crippen LogP contribution in [0.15, 0.2) is 18.3 Å². The maximum Gasteiger partial charge on any atom is 0.339 e. The minimum Gasteiger partial charge on any atom is -0.467 e. The molecule has 0 spiro atoms. The van der Waals surface area contributed by atoms with E-state index in [1.54, 1.807) is 0 Å². The molecule has 0 saturated carbocycles. The van der Waals surface area contributed by atoms with E-state index in [9.17, 15) is 9.18 Å². The number of rotatable bonds is 7. The monoisotopic (exact) mass is 563 g/mol. The first-order chi connectivity index (χ1) is 18.1. The quantitative estimate of drug-likeness (QED) is 0.270. The number of ether oxygens (including phenoxy) is 2. The number of piperidine rings is 1. The number of benzene rings is 1. The largest absolute Gasteiger partial charge is 0.467 e. The van der Waals surface area contributed by atoms with Crippen LogP contribution in [0.5, 0.6) is 0 Å². The molecule has 1 fully saturated rings. The van der Waals surface area contributed by atoms with Crippen molar-refractivity contribution in [1.82, 2.24) is 4.98 Å². The zero-order chi connectivity index (χ0) is 29.7. The van der Waals surface area contributed by atoms with E-state index in [4.69, 9.17) is 21.1 Å². The van der Waals surface area contributed by atoms with Gasteiger partial charge in [0.2, 0.25) is 0 Å². The zero-order valence-electron chi connectivity index (χ0n) is 25.6. The summed E-state index contributed by atoms with van der Waals surface area (Å²) < 4.78 is 25.5. The van der Waals surface area contributed by atoms with E-state index < -0.39 is 23.5 Å². The molecule has 0 bridgehead atoms. The molecule has 6 nitrogen and oxygen atoms in total. The van der Waals surface area contributed by atoms with E-state index in [2.05, 4.69) is 42.0 Å². The molecule has 1 aromatic heterocycles. The number of halogens is 2. The van der Waals surface area contributed by atoms with Crippen molar-refractivity contribution in [3.8, 4) is 0 Å². The molecule has 218 valence electrons. The van der Waals surface area contributed by atoms with Gasteiger partial charge in [0.15, 0.2) is 6.10 Å². The van der Waals surface area contributed by atoms with Crippen LogP contribution in [0, 0.1) is 25.1 Å². The Morgan fingerprint density at radius 2 is 1.77 bits per heavy atom. The van der Waals surface area contributed by atoms with Gasteiger partial charge in [-0.3, -0.25) is 0 Å². The van der Waals surface area contributed by atoms with E-state index in [-0.39, 0.29) is 16.6 Å². The third kappa shape index (κ3) is 8.31. The Labute approximate surface area is 239 Å². The molecule has 2 aromatic rings. The molecular weight excluding hydrogens is 517 g/mol. The number of carbonyl (C=O) groups excluding carboxylic acids is 1. The van der Waals surface area contributed by atoms with E-state index in [1.165, 1.54) is 13.2 Å². The molecule has 1 saturated heterocycles. The van der Waals surface area contributed by atoms with Gasteiger partial charge >= 0.3 is 5.97 Å². The van der Waals surface area contributed by atoms with Crippen LogP contribution in [0.4, 0.5) is 15.8 Å². The lowest BCUT2D eigenvalue weighted by molar-refractivity contribution is -0.164. The van der Waals surface area contributed by atoms with Gasteiger partial charge in [0.1, 0.15) is 11.0 Å². The van der Waals surface area contributed by atoms with Crippen molar-refractivity contribution in [2.75, 3.05) is 30.4 Å². The van der Waals surface area contributed by atoms with Gasteiger partial charge in [-0.15, -0.1) is 0 Å². The highest BCUT2D eigenvalue weighted by Gasteiger charge is 2.36. The lowest BCUT2D eigenvalue weighted by atomic mass is 9.82. The number of hydrogen-bond acceptors (Lipinski definition) is 6. The second-order valence-corrected chi connectivity index (χ2v) is 12.2. The van der Waals surface area contributed by atoms with Gasteiger partial charge in [0.05, 0.1) is 24.9 Å². The van der Waals surface area contributed by atoms with Gasteiger partial charge in [-0.2, -0.15) is 0 Å². The Bertz CT molecular complexity index is 1140. The van der Waals surface area contributed by atoms with Crippen LogP contribution in [0.25, 0.3) is 0 Å². The average molecular weight is 564 g/mol. The van der Waals surface area contributed by atoms with Crippen LogP contribution in [0.1, 0.15) is 103 Å². The highest BCUT2D eigenvalue weighted by atomic mass is 35.5. The predicted molar refractivity (Wildman–Crippen MR) is 159 cm³/mol. The number of hydrogen-bond donors (Lipinski definition) is 1. The summed E-state index contributed by atoms with van der Waals surface area (Å²) in [6.07, 6.45) is 2.29. The van der Waals surface area contributed by atoms with E-state index in [1.807, 2.05) is 48.5 Å². The van der Waals surface area contributed by atoms with Crippen molar-refractivity contribution >= 4 is 28.9 Å². The van der Waals surface area contributed by atoms with Crippen molar-refractivity contribution < 1.29 is 18.7 Å². The summed E-state index contributed by atoms with van der Waals surface area (Å²) in [5, 5.41) is 3.72. The second-order valence-electron chi connectivity index (χ2n) is 11.8.